The topological polar surface area (TPSA) is 43.8 Å². The number of aromatic nitrogens is 2. The third kappa shape index (κ3) is 2.67. The molecule has 0 atom stereocenters. The Hall–Kier alpha value is -1.89. The number of hydrogen-bond donors (Lipinski definition) is 1. The van der Waals surface area contributed by atoms with Gasteiger partial charge >= 0.3 is 6.18 Å². The molecule has 0 aliphatic rings. The molecule has 0 radical (unpaired) electrons. The average Bonchev–Trinajstić information content (AvgIpc) is 2.82. The lowest BCUT2D eigenvalue weighted by Gasteiger charge is -2.07. The van der Waals surface area contributed by atoms with Crippen molar-refractivity contribution < 1.29 is 17.6 Å². The minimum atomic E-state index is -4.55. The van der Waals surface area contributed by atoms with E-state index in [2.05, 4.69) is 4.98 Å². The van der Waals surface area contributed by atoms with E-state index in [1.807, 2.05) is 0 Å². The summed E-state index contributed by atoms with van der Waals surface area (Å²) >= 11 is 0. The van der Waals surface area contributed by atoms with E-state index in [1.54, 1.807) is 13.0 Å². The Kier molecular flexibility index (Phi) is 3.80. The van der Waals surface area contributed by atoms with Crippen molar-refractivity contribution in [1.29, 1.82) is 0 Å². The zero-order valence-electron chi connectivity index (χ0n) is 10.7. The van der Waals surface area contributed by atoms with Gasteiger partial charge in [0.25, 0.3) is 0 Å². The van der Waals surface area contributed by atoms with Gasteiger partial charge in [-0.05, 0) is 24.6 Å². The van der Waals surface area contributed by atoms with Crippen LogP contribution < -0.4 is 5.73 Å². The van der Waals surface area contributed by atoms with Crippen LogP contribution in [-0.4, -0.2) is 9.55 Å². The number of hydrogen-bond acceptors (Lipinski definition) is 2. The average molecular weight is 287 g/mol. The molecule has 0 amide bonds. The fraction of sp³-hybridized carbons (Fsp3) is 0.308. The van der Waals surface area contributed by atoms with Crippen molar-refractivity contribution in [2.75, 3.05) is 0 Å². The van der Waals surface area contributed by atoms with E-state index >= 15 is 0 Å². The van der Waals surface area contributed by atoms with Crippen LogP contribution in [0.3, 0.4) is 0 Å². The number of imidazole rings is 1. The lowest BCUT2D eigenvalue weighted by atomic mass is 10.1. The highest BCUT2D eigenvalue weighted by Crippen LogP contribution is 2.31. The molecule has 0 aliphatic heterocycles. The molecule has 1 aromatic heterocycles. The number of aryl methyl sites for hydroxylation is 1. The van der Waals surface area contributed by atoms with Gasteiger partial charge in [0.05, 0.1) is 5.56 Å². The molecule has 3 nitrogen and oxygen atoms in total. The summed E-state index contributed by atoms with van der Waals surface area (Å²) in [7, 11) is 0. The zero-order valence-corrected chi connectivity index (χ0v) is 10.7. The van der Waals surface area contributed by atoms with E-state index in [4.69, 9.17) is 5.73 Å². The maximum atomic E-state index is 14.0. The van der Waals surface area contributed by atoms with Crippen molar-refractivity contribution in [1.82, 2.24) is 9.55 Å². The highest BCUT2D eigenvalue weighted by molar-refractivity contribution is 5.58. The van der Waals surface area contributed by atoms with Crippen molar-refractivity contribution in [3.8, 4) is 11.4 Å². The second kappa shape index (κ2) is 5.24. The van der Waals surface area contributed by atoms with Gasteiger partial charge in [0, 0.05) is 19.3 Å². The molecule has 0 fully saturated rings. The molecule has 0 bridgehead atoms. The molecule has 2 rings (SSSR count). The molecule has 0 aliphatic carbocycles. The van der Waals surface area contributed by atoms with E-state index in [1.165, 1.54) is 16.7 Å². The van der Waals surface area contributed by atoms with Crippen LogP contribution in [0, 0.1) is 5.82 Å². The van der Waals surface area contributed by atoms with Crippen molar-refractivity contribution >= 4 is 0 Å². The molecule has 2 aromatic rings. The number of nitrogens with two attached hydrogens (primary N) is 1. The maximum Gasteiger partial charge on any atom is 0.434 e. The predicted molar refractivity (Wildman–Crippen MR) is 66.2 cm³/mol. The fourth-order valence-electron chi connectivity index (χ4n) is 1.88. The molecule has 7 heteroatoms. The molecule has 108 valence electrons. The molecule has 2 N–H and O–H groups in total. The normalized spacial score (nSPS) is 11.9. The van der Waals surface area contributed by atoms with E-state index in [-0.39, 0.29) is 24.5 Å². The second-order valence-corrected chi connectivity index (χ2v) is 4.25. The van der Waals surface area contributed by atoms with Gasteiger partial charge in [0.2, 0.25) is 0 Å². The molecule has 1 aromatic carbocycles. The van der Waals surface area contributed by atoms with Gasteiger partial charge in [-0.15, -0.1) is 0 Å². The van der Waals surface area contributed by atoms with Crippen LogP contribution in [0.25, 0.3) is 11.4 Å². The predicted octanol–water partition coefficient (Wildman–Crippen LogP) is 3.19. The first-order valence-corrected chi connectivity index (χ1v) is 6.00. The van der Waals surface area contributed by atoms with Crippen LogP contribution >= 0.6 is 0 Å². The quantitative estimate of drug-likeness (QED) is 0.881. The summed E-state index contributed by atoms with van der Waals surface area (Å²) in [6, 6.07) is 4.17. The summed E-state index contributed by atoms with van der Waals surface area (Å²) in [5, 5.41) is 0. The smallest absolute Gasteiger partial charge is 0.331 e. The number of benzene rings is 1. The minimum Gasteiger partial charge on any atom is -0.331 e. The van der Waals surface area contributed by atoms with Gasteiger partial charge in [-0.2, -0.15) is 13.2 Å². The van der Waals surface area contributed by atoms with Crippen LogP contribution in [0.2, 0.25) is 0 Å². The lowest BCUT2D eigenvalue weighted by Crippen LogP contribution is -2.05. The maximum absolute atomic E-state index is 14.0. The summed E-state index contributed by atoms with van der Waals surface area (Å²) < 4.78 is 53.2. The Morgan fingerprint density at radius 3 is 2.50 bits per heavy atom. The van der Waals surface area contributed by atoms with Crippen LogP contribution in [0.4, 0.5) is 17.6 Å². The van der Waals surface area contributed by atoms with Crippen LogP contribution in [0.1, 0.15) is 18.2 Å². The number of nitrogens with zero attached hydrogens (tertiary/aromatic N) is 2. The monoisotopic (exact) mass is 287 g/mol. The highest BCUT2D eigenvalue weighted by atomic mass is 19.4. The summed E-state index contributed by atoms with van der Waals surface area (Å²) in [4.78, 5) is 3.51. The highest BCUT2D eigenvalue weighted by Gasteiger charge is 2.35. The molecule has 0 spiro atoms. The van der Waals surface area contributed by atoms with Gasteiger partial charge in [-0.1, -0.05) is 6.07 Å². The Balaban J connectivity index is 2.54. The zero-order chi connectivity index (χ0) is 14.9. The Morgan fingerprint density at radius 2 is 2.00 bits per heavy atom. The molecular weight excluding hydrogens is 274 g/mol. The van der Waals surface area contributed by atoms with E-state index in [9.17, 15) is 17.6 Å². The number of alkyl halides is 3. The van der Waals surface area contributed by atoms with Gasteiger partial charge in [-0.3, -0.25) is 0 Å². The lowest BCUT2D eigenvalue weighted by molar-refractivity contribution is -0.140. The van der Waals surface area contributed by atoms with Crippen LogP contribution in [-0.2, 0) is 19.3 Å². The first-order chi connectivity index (χ1) is 9.36. The van der Waals surface area contributed by atoms with E-state index in [0.717, 1.165) is 6.20 Å². The molecule has 20 heavy (non-hydrogen) atoms. The third-order valence-corrected chi connectivity index (χ3v) is 2.92. The van der Waals surface area contributed by atoms with Crippen molar-refractivity contribution in [2.24, 2.45) is 5.73 Å². The van der Waals surface area contributed by atoms with Crippen LogP contribution in [0.15, 0.2) is 24.4 Å². The molecule has 0 unspecified atom stereocenters. The molecule has 0 saturated carbocycles. The Bertz CT molecular complexity index is 617. The van der Waals surface area contributed by atoms with E-state index < -0.39 is 17.7 Å². The minimum absolute atomic E-state index is 0.0274. The fourth-order valence-corrected chi connectivity index (χ4v) is 1.88. The number of halogens is 4. The van der Waals surface area contributed by atoms with Crippen LogP contribution in [0.5, 0.6) is 0 Å². The summed E-state index contributed by atoms with van der Waals surface area (Å²) in [5.74, 6) is -0.678. The summed E-state index contributed by atoms with van der Waals surface area (Å²) in [6.45, 7) is 2.08. The van der Waals surface area contributed by atoms with Gasteiger partial charge in [-0.25, -0.2) is 9.37 Å². The first kappa shape index (κ1) is 14.5. The molecule has 0 saturated heterocycles. The first-order valence-electron chi connectivity index (χ1n) is 6.00. The summed E-state index contributed by atoms with van der Waals surface area (Å²) in [6.07, 6.45) is -3.67. The SMILES string of the molecule is CCn1cc(C(F)(F)F)nc1-c1ccc(CN)cc1F. The number of rotatable bonds is 3. The van der Waals surface area contributed by atoms with E-state index in [0.29, 0.717) is 5.56 Å². The van der Waals surface area contributed by atoms with Crippen molar-refractivity contribution in [3.63, 3.8) is 0 Å². The van der Waals surface area contributed by atoms with Gasteiger partial charge < -0.3 is 10.3 Å². The largest absolute Gasteiger partial charge is 0.434 e. The Labute approximate surface area is 113 Å². The van der Waals surface area contributed by atoms with Gasteiger partial charge in [0.1, 0.15) is 11.6 Å². The Morgan fingerprint density at radius 1 is 1.30 bits per heavy atom. The standard InChI is InChI=1S/C13H13F4N3/c1-2-20-7-11(13(15,16)17)19-12(20)9-4-3-8(6-18)5-10(9)14/h3-5,7H,2,6,18H2,1H3. The van der Waals surface area contributed by atoms with Crippen molar-refractivity contribution in [3.05, 3.63) is 41.5 Å². The third-order valence-electron chi connectivity index (χ3n) is 2.92. The summed E-state index contributed by atoms with van der Waals surface area (Å²) in [5.41, 5.74) is 4.95. The molecular formula is C13H13F4N3. The van der Waals surface area contributed by atoms with Gasteiger partial charge in [0.15, 0.2) is 5.69 Å². The second-order valence-electron chi connectivity index (χ2n) is 4.25. The molecule has 1 heterocycles. The van der Waals surface area contributed by atoms with Crippen molar-refractivity contribution in [2.45, 2.75) is 26.2 Å².